The average molecular weight is 401 g/mol. The Morgan fingerprint density at radius 3 is 2.89 bits per heavy atom. The Balaban J connectivity index is 1.59. The lowest BCUT2D eigenvalue weighted by Gasteiger charge is -2.26. The first-order valence-electron chi connectivity index (χ1n) is 9.23. The highest BCUT2D eigenvalue weighted by Crippen LogP contribution is 2.28. The van der Waals surface area contributed by atoms with Crippen LogP contribution in [0.15, 0.2) is 34.9 Å². The number of benzene rings is 1. The van der Waals surface area contributed by atoms with Crippen LogP contribution >= 0.6 is 11.6 Å². The zero-order valence-corrected chi connectivity index (χ0v) is 16.3. The maximum absolute atomic E-state index is 12.9. The number of amides is 1. The first-order chi connectivity index (χ1) is 13.6. The molecule has 1 N–H and O–H groups in total. The van der Waals surface area contributed by atoms with Gasteiger partial charge in [0.15, 0.2) is 0 Å². The highest BCUT2D eigenvalue weighted by atomic mass is 35.5. The van der Waals surface area contributed by atoms with Crippen LogP contribution in [0.4, 0.5) is 0 Å². The normalized spacial score (nSPS) is 15.1. The fourth-order valence-corrected chi connectivity index (χ4v) is 3.51. The Kier molecular flexibility index (Phi) is 5.57. The molecule has 1 amide bonds. The zero-order valence-electron chi connectivity index (χ0n) is 15.6. The molecule has 8 heteroatoms. The van der Waals surface area contributed by atoms with Gasteiger partial charge in [-0.1, -0.05) is 28.9 Å². The highest BCUT2D eigenvalue weighted by Gasteiger charge is 2.19. The summed E-state index contributed by atoms with van der Waals surface area (Å²) in [5.41, 5.74) is 2.91. The number of pyridine rings is 1. The molecule has 0 atom stereocenters. The van der Waals surface area contributed by atoms with Gasteiger partial charge in [0.2, 0.25) is 0 Å². The van der Waals surface area contributed by atoms with Crippen molar-refractivity contribution in [2.75, 3.05) is 39.4 Å². The summed E-state index contributed by atoms with van der Waals surface area (Å²) in [5, 5.41) is 8.22. The van der Waals surface area contributed by atoms with Crippen molar-refractivity contribution in [3.63, 3.8) is 0 Å². The van der Waals surface area contributed by atoms with E-state index in [9.17, 15) is 4.79 Å². The molecule has 4 rings (SSSR count). The Labute approximate surface area is 167 Å². The van der Waals surface area contributed by atoms with E-state index in [-0.39, 0.29) is 5.91 Å². The number of aryl methyl sites for hydroxylation is 1. The summed E-state index contributed by atoms with van der Waals surface area (Å²) < 4.78 is 10.7. The number of carbonyl (C=O) groups excluding carboxylic acids is 1. The third-order valence-electron chi connectivity index (χ3n) is 4.80. The van der Waals surface area contributed by atoms with E-state index in [0.717, 1.165) is 38.4 Å². The van der Waals surface area contributed by atoms with E-state index in [1.54, 1.807) is 25.1 Å². The molecule has 3 heterocycles. The number of aromatic nitrogens is 2. The molecule has 1 fully saturated rings. The number of fused-ring (bicyclic) bond motifs is 1. The summed E-state index contributed by atoms with van der Waals surface area (Å²) in [4.78, 5) is 19.7. The van der Waals surface area contributed by atoms with E-state index in [0.29, 0.717) is 39.6 Å². The molecule has 0 saturated carbocycles. The standard InChI is InChI=1S/C20H21ClN4O3/c1-13-18-16(19(26)22-5-6-25-7-9-27-10-8-25)12-17(23-20(18)28-24-13)14-3-2-4-15(21)11-14/h2-4,11-12H,5-10H2,1H3,(H,22,26). The van der Waals surface area contributed by atoms with Gasteiger partial charge in [0.25, 0.3) is 11.6 Å². The van der Waals surface area contributed by atoms with Crippen LogP contribution in [0.2, 0.25) is 5.02 Å². The van der Waals surface area contributed by atoms with Crippen LogP contribution in [0.5, 0.6) is 0 Å². The first kappa shape index (κ1) is 18.9. The van der Waals surface area contributed by atoms with E-state index in [2.05, 4.69) is 20.4 Å². The lowest BCUT2D eigenvalue weighted by atomic mass is 10.1. The van der Waals surface area contributed by atoms with Crippen molar-refractivity contribution in [3.05, 3.63) is 46.6 Å². The minimum Gasteiger partial charge on any atom is -0.379 e. The summed E-state index contributed by atoms with van der Waals surface area (Å²) in [6, 6.07) is 9.10. The molecule has 0 unspecified atom stereocenters. The van der Waals surface area contributed by atoms with Gasteiger partial charge in [-0.15, -0.1) is 0 Å². The number of nitrogens with zero attached hydrogens (tertiary/aromatic N) is 3. The van der Waals surface area contributed by atoms with Gasteiger partial charge >= 0.3 is 0 Å². The van der Waals surface area contributed by atoms with Gasteiger partial charge in [-0.05, 0) is 25.1 Å². The molecule has 0 bridgehead atoms. The average Bonchev–Trinajstić information content (AvgIpc) is 3.09. The molecule has 1 aliphatic heterocycles. The fraction of sp³-hybridized carbons (Fsp3) is 0.350. The molecule has 28 heavy (non-hydrogen) atoms. The molecule has 1 saturated heterocycles. The first-order valence-corrected chi connectivity index (χ1v) is 9.61. The number of halogens is 1. The van der Waals surface area contributed by atoms with Crippen molar-refractivity contribution in [1.29, 1.82) is 0 Å². The molecule has 2 aromatic heterocycles. The summed E-state index contributed by atoms with van der Waals surface area (Å²) in [6.45, 7) is 6.39. The third kappa shape index (κ3) is 4.01. The Hall–Kier alpha value is -2.48. The Bertz CT molecular complexity index is 998. The molecule has 0 radical (unpaired) electrons. The molecule has 1 aliphatic rings. The van der Waals surface area contributed by atoms with Gasteiger partial charge in [0, 0.05) is 36.8 Å². The van der Waals surface area contributed by atoms with Crippen LogP contribution < -0.4 is 5.32 Å². The SMILES string of the molecule is Cc1noc2nc(-c3cccc(Cl)c3)cc(C(=O)NCCN3CCOCC3)c12. The number of nitrogens with one attached hydrogen (secondary N) is 1. The third-order valence-corrected chi connectivity index (χ3v) is 5.03. The summed E-state index contributed by atoms with van der Waals surface area (Å²) in [5.74, 6) is -0.171. The molecule has 3 aromatic rings. The molecular weight excluding hydrogens is 380 g/mol. The second-order valence-electron chi connectivity index (χ2n) is 6.72. The van der Waals surface area contributed by atoms with Crippen LogP contribution in [-0.4, -0.2) is 60.3 Å². The second kappa shape index (κ2) is 8.26. The van der Waals surface area contributed by atoms with Gasteiger partial charge in [-0.2, -0.15) is 0 Å². The summed E-state index contributed by atoms with van der Waals surface area (Å²) in [6.07, 6.45) is 0. The van der Waals surface area contributed by atoms with Crippen molar-refractivity contribution < 1.29 is 14.1 Å². The lowest BCUT2D eigenvalue weighted by molar-refractivity contribution is 0.0383. The summed E-state index contributed by atoms with van der Waals surface area (Å²) in [7, 11) is 0. The number of hydrogen-bond donors (Lipinski definition) is 1. The van der Waals surface area contributed by atoms with Crippen LogP contribution in [0, 0.1) is 6.92 Å². The van der Waals surface area contributed by atoms with Crippen LogP contribution in [0.1, 0.15) is 16.1 Å². The van der Waals surface area contributed by atoms with Gasteiger partial charge in [0.1, 0.15) is 0 Å². The van der Waals surface area contributed by atoms with E-state index in [1.165, 1.54) is 0 Å². The summed E-state index contributed by atoms with van der Waals surface area (Å²) >= 11 is 6.11. The Morgan fingerprint density at radius 2 is 2.11 bits per heavy atom. The Morgan fingerprint density at radius 1 is 1.29 bits per heavy atom. The topological polar surface area (TPSA) is 80.5 Å². The van der Waals surface area contributed by atoms with Crippen molar-refractivity contribution in [2.45, 2.75) is 6.92 Å². The molecule has 146 valence electrons. The van der Waals surface area contributed by atoms with Crippen molar-refractivity contribution in [3.8, 4) is 11.3 Å². The van der Waals surface area contributed by atoms with Crippen molar-refractivity contribution in [1.82, 2.24) is 20.4 Å². The van der Waals surface area contributed by atoms with E-state index < -0.39 is 0 Å². The van der Waals surface area contributed by atoms with E-state index in [1.807, 2.05) is 12.1 Å². The van der Waals surface area contributed by atoms with Gasteiger partial charge in [-0.25, -0.2) is 4.98 Å². The van der Waals surface area contributed by atoms with Crippen LogP contribution in [0.25, 0.3) is 22.4 Å². The minimum atomic E-state index is -0.171. The van der Waals surface area contributed by atoms with E-state index >= 15 is 0 Å². The molecular formula is C20H21ClN4O3. The van der Waals surface area contributed by atoms with Crippen LogP contribution in [-0.2, 0) is 4.74 Å². The van der Waals surface area contributed by atoms with Gasteiger partial charge < -0.3 is 14.6 Å². The maximum Gasteiger partial charge on any atom is 0.259 e. The minimum absolute atomic E-state index is 0.171. The van der Waals surface area contributed by atoms with Gasteiger partial charge in [0.05, 0.1) is 35.6 Å². The predicted molar refractivity (Wildman–Crippen MR) is 107 cm³/mol. The monoisotopic (exact) mass is 400 g/mol. The van der Waals surface area contributed by atoms with E-state index in [4.69, 9.17) is 20.9 Å². The number of hydrogen-bond acceptors (Lipinski definition) is 6. The highest BCUT2D eigenvalue weighted by molar-refractivity contribution is 6.30. The van der Waals surface area contributed by atoms with Crippen molar-refractivity contribution in [2.24, 2.45) is 0 Å². The lowest BCUT2D eigenvalue weighted by Crippen LogP contribution is -2.41. The fourth-order valence-electron chi connectivity index (χ4n) is 3.32. The molecule has 0 aliphatic carbocycles. The maximum atomic E-state index is 12.9. The van der Waals surface area contributed by atoms with Gasteiger partial charge in [-0.3, -0.25) is 9.69 Å². The number of morpholine rings is 1. The predicted octanol–water partition coefficient (Wildman–Crippen LogP) is 2.91. The van der Waals surface area contributed by atoms with Crippen molar-refractivity contribution >= 4 is 28.6 Å². The second-order valence-corrected chi connectivity index (χ2v) is 7.16. The zero-order chi connectivity index (χ0) is 19.5. The smallest absolute Gasteiger partial charge is 0.259 e. The molecule has 0 spiro atoms. The largest absolute Gasteiger partial charge is 0.379 e. The molecule has 7 nitrogen and oxygen atoms in total. The quantitative estimate of drug-likeness (QED) is 0.709. The number of ether oxygens (including phenoxy) is 1. The number of carbonyl (C=O) groups is 1. The molecule has 1 aromatic carbocycles. The van der Waals surface area contributed by atoms with Crippen LogP contribution in [0.3, 0.4) is 0 Å². The number of rotatable bonds is 5.